The van der Waals surface area contributed by atoms with Gasteiger partial charge in [-0.25, -0.2) is 9.78 Å². The molecule has 2 amide bonds. The van der Waals surface area contributed by atoms with Gasteiger partial charge in [-0.15, -0.1) is 0 Å². The monoisotopic (exact) mass is 467 g/mol. The molecule has 1 aliphatic rings. The van der Waals surface area contributed by atoms with Crippen molar-refractivity contribution in [3.8, 4) is 5.75 Å². The number of phenols is 1. The van der Waals surface area contributed by atoms with Gasteiger partial charge in [0.05, 0.1) is 16.2 Å². The lowest BCUT2D eigenvalue weighted by Crippen LogP contribution is -2.55. The molecule has 0 saturated carbocycles. The van der Waals surface area contributed by atoms with Gasteiger partial charge in [-0.3, -0.25) is 14.7 Å². The summed E-state index contributed by atoms with van der Waals surface area (Å²) in [5, 5.41) is 34.3. The summed E-state index contributed by atoms with van der Waals surface area (Å²) in [7, 11) is 0. The summed E-state index contributed by atoms with van der Waals surface area (Å²) in [6.07, 6.45) is 1.55. The number of phenolic OH excluding ortho intramolecular Hbond substituents is 1. The molecule has 5 N–H and O–H groups in total. The highest BCUT2D eigenvalue weighted by Gasteiger charge is 2.36. The second-order valence-electron chi connectivity index (χ2n) is 6.74. The van der Waals surface area contributed by atoms with Crippen LogP contribution in [0.1, 0.15) is 19.3 Å². The second-order valence-corrected chi connectivity index (χ2v) is 7.60. The molecular weight excluding hydrogens is 446 g/mol. The maximum Gasteiger partial charge on any atom is 0.407 e. The minimum absolute atomic E-state index is 0.0134. The molecule has 0 bridgehead atoms. The maximum absolute atomic E-state index is 12.5. The van der Waals surface area contributed by atoms with Gasteiger partial charge >= 0.3 is 6.09 Å². The van der Waals surface area contributed by atoms with Gasteiger partial charge < -0.3 is 26.0 Å². The number of hydrogen-bond donors (Lipinski definition) is 5. The number of amides is 2. The average molecular weight is 468 g/mol. The van der Waals surface area contributed by atoms with E-state index in [0.29, 0.717) is 34.2 Å². The van der Waals surface area contributed by atoms with E-state index in [-0.39, 0.29) is 37.9 Å². The molecule has 0 radical (unpaired) electrons. The van der Waals surface area contributed by atoms with E-state index in [9.17, 15) is 19.8 Å². The Morgan fingerprint density at radius 1 is 1.34 bits per heavy atom. The van der Waals surface area contributed by atoms with Gasteiger partial charge in [0.1, 0.15) is 17.4 Å². The third-order valence-electron chi connectivity index (χ3n) is 4.78. The Morgan fingerprint density at radius 3 is 2.86 bits per heavy atom. The molecule has 29 heavy (non-hydrogen) atoms. The van der Waals surface area contributed by atoms with Crippen LogP contribution >= 0.6 is 15.9 Å². The Kier molecular flexibility index (Phi) is 6.70. The van der Waals surface area contributed by atoms with Crippen LogP contribution in [0.25, 0.3) is 11.0 Å². The van der Waals surface area contributed by atoms with Crippen molar-refractivity contribution in [3.63, 3.8) is 0 Å². The van der Waals surface area contributed by atoms with E-state index in [1.54, 1.807) is 12.1 Å². The van der Waals surface area contributed by atoms with Crippen LogP contribution in [0.4, 0.5) is 10.6 Å². The van der Waals surface area contributed by atoms with Crippen LogP contribution in [0.5, 0.6) is 5.75 Å². The van der Waals surface area contributed by atoms with E-state index in [1.165, 1.54) is 6.20 Å². The van der Waals surface area contributed by atoms with E-state index >= 15 is 0 Å². The van der Waals surface area contributed by atoms with Crippen molar-refractivity contribution in [2.75, 3.05) is 25.0 Å². The number of piperidine rings is 1. The standard InChI is InChI=1S/C18H22BrN5O5/c19-11-2-3-12-15(16(11)26)23-14(9-21-12)22-10-4-6-24(18(28)29)13(8-10)17(27)20-5-1-7-25/h2-3,9-10,13,25-26H,1,4-8H2,(H,20,27)(H,22,23)(H,28,29). The van der Waals surface area contributed by atoms with Gasteiger partial charge in [-0.05, 0) is 47.3 Å². The zero-order valence-corrected chi connectivity index (χ0v) is 17.1. The smallest absolute Gasteiger partial charge is 0.407 e. The van der Waals surface area contributed by atoms with Gasteiger partial charge in [0.15, 0.2) is 5.75 Å². The number of aromatic nitrogens is 2. The second kappa shape index (κ2) is 9.23. The van der Waals surface area contributed by atoms with E-state index in [2.05, 4.69) is 36.5 Å². The van der Waals surface area contributed by atoms with E-state index < -0.39 is 18.0 Å². The van der Waals surface area contributed by atoms with Crippen molar-refractivity contribution < 1.29 is 24.9 Å². The van der Waals surface area contributed by atoms with Crippen LogP contribution in [-0.4, -0.2) is 74.0 Å². The van der Waals surface area contributed by atoms with Crippen LogP contribution in [0.2, 0.25) is 0 Å². The summed E-state index contributed by atoms with van der Waals surface area (Å²) >= 11 is 3.25. The predicted octanol–water partition coefficient (Wildman–Crippen LogP) is 1.52. The summed E-state index contributed by atoms with van der Waals surface area (Å²) in [4.78, 5) is 33.8. The molecule has 156 valence electrons. The molecule has 11 heteroatoms. The van der Waals surface area contributed by atoms with E-state index in [1.807, 2.05) is 0 Å². The topological polar surface area (TPSA) is 148 Å². The van der Waals surface area contributed by atoms with Crippen molar-refractivity contribution >= 4 is 44.8 Å². The first-order valence-corrected chi connectivity index (χ1v) is 9.99. The highest BCUT2D eigenvalue weighted by Crippen LogP contribution is 2.31. The number of aromatic hydroxyl groups is 1. The number of aliphatic hydroxyl groups is 1. The van der Waals surface area contributed by atoms with E-state index in [4.69, 9.17) is 5.11 Å². The number of carbonyl (C=O) groups is 2. The number of carbonyl (C=O) groups excluding carboxylic acids is 1. The lowest BCUT2D eigenvalue weighted by Gasteiger charge is -2.37. The minimum atomic E-state index is -1.15. The summed E-state index contributed by atoms with van der Waals surface area (Å²) in [6, 6.07) is 2.38. The third-order valence-corrected chi connectivity index (χ3v) is 5.42. The van der Waals surface area contributed by atoms with E-state index in [0.717, 1.165) is 4.90 Å². The average Bonchev–Trinajstić information content (AvgIpc) is 2.71. The summed E-state index contributed by atoms with van der Waals surface area (Å²) < 4.78 is 0.505. The lowest BCUT2D eigenvalue weighted by atomic mass is 9.96. The fourth-order valence-electron chi connectivity index (χ4n) is 3.30. The van der Waals surface area contributed by atoms with Crippen molar-refractivity contribution in [2.45, 2.75) is 31.3 Å². The normalized spacial score (nSPS) is 19.2. The van der Waals surface area contributed by atoms with Crippen molar-refractivity contribution in [1.29, 1.82) is 0 Å². The first kappa shape index (κ1) is 21.1. The van der Waals surface area contributed by atoms with Gasteiger partial charge in [0, 0.05) is 25.7 Å². The molecule has 1 aliphatic heterocycles. The number of benzene rings is 1. The Labute approximate surface area is 175 Å². The Balaban J connectivity index is 1.74. The number of nitrogens with zero attached hydrogens (tertiary/aromatic N) is 3. The number of hydrogen-bond acceptors (Lipinski definition) is 7. The van der Waals surface area contributed by atoms with Crippen LogP contribution in [-0.2, 0) is 4.79 Å². The van der Waals surface area contributed by atoms with Gasteiger partial charge in [0.2, 0.25) is 5.91 Å². The fourth-order valence-corrected chi connectivity index (χ4v) is 3.62. The summed E-state index contributed by atoms with van der Waals surface area (Å²) in [5.74, 6) is 0.0260. The first-order valence-electron chi connectivity index (χ1n) is 9.19. The zero-order chi connectivity index (χ0) is 21.0. The van der Waals surface area contributed by atoms with Gasteiger partial charge in [0.25, 0.3) is 0 Å². The molecule has 10 nitrogen and oxygen atoms in total. The van der Waals surface area contributed by atoms with Gasteiger partial charge in [-0.2, -0.15) is 0 Å². The SMILES string of the molecule is O=C(NCCCO)C1CC(Nc2cnc3ccc(Br)c(O)c3n2)CCN1C(=O)O. The fraction of sp³-hybridized carbons (Fsp3) is 0.444. The Bertz CT molecular complexity index is 912. The van der Waals surface area contributed by atoms with Crippen LogP contribution in [0.3, 0.4) is 0 Å². The largest absolute Gasteiger partial charge is 0.504 e. The van der Waals surface area contributed by atoms with Crippen molar-refractivity contribution in [1.82, 2.24) is 20.2 Å². The Morgan fingerprint density at radius 2 is 2.14 bits per heavy atom. The number of carboxylic acid groups (broad SMARTS) is 1. The highest BCUT2D eigenvalue weighted by atomic mass is 79.9. The first-order chi connectivity index (χ1) is 13.9. The molecule has 2 atom stereocenters. The molecule has 0 aliphatic carbocycles. The number of likely N-dealkylation sites (tertiary alicyclic amines) is 1. The van der Waals surface area contributed by atoms with Crippen LogP contribution in [0.15, 0.2) is 22.8 Å². The molecule has 2 unspecified atom stereocenters. The number of nitrogens with one attached hydrogen (secondary N) is 2. The molecule has 2 heterocycles. The molecule has 1 saturated heterocycles. The maximum atomic E-state index is 12.5. The molecule has 0 spiro atoms. The van der Waals surface area contributed by atoms with Crippen molar-refractivity contribution in [3.05, 3.63) is 22.8 Å². The minimum Gasteiger partial charge on any atom is -0.504 e. The van der Waals surface area contributed by atoms with Crippen LogP contribution < -0.4 is 10.6 Å². The number of rotatable bonds is 6. The zero-order valence-electron chi connectivity index (χ0n) is 15.5. The summed E-state index contributed by atoms with van der Waals surface area (Å²) in [5.41, 5.74) is 0.878. The number of fused-ring (bicyclic) bond motifs is 1. The molecular formula is C18H22BrN5O5. The molecule has 2 aromatic rings. The lowest BCUT2D eigenvalue weighted by molar-refractivity contribution is -0.127. The van der Waals surface area contributed by atoms with Crippen LogP contribution in [0, 0.1) is 0 Å². The number of halogens is 1. The quantitative estimate of drug-likeness (QED) is 0.401. The summed E-state index contributed by atoms with van der Waals surface area (Å²) in [6.45, 7) is 0.423. The predicted molar refractivity (Wildman–Crippen MR) is 109 cm³/mol. The molecule has 1 fully saturated rings. The van der Waals surface area contributed by atoms with Gasteiger partial charge in [-0.1, -0.05) is 0 Å². The number of aliphatic hydroxyl groups excluding tert-OH is 1. The highest BCUT2D eigenvalue weighted by molar-refractivity contribution is 9.10. The third kappa shape index (κ3) is 4.85. The molecule has 1 aromatic heterocycles. The Hall–Kier alpha value is -2.66. The molecule has 1 aromatic carbocycles. The molecule has 3 rings (SSSR count). The van der Waals surface area contributed by atoms with Crippen molar-refractivity contribution in [2.24, 2.45) is 0 Å². The number of anilines is 1.